The number of carbonyl (C=O) groups is 2. The van der Waals surface area contributed by atoms with E-state index in [2.05, 4.69) is 15.9 Å². The number of carboxylic acids is 1. The fourth-order valence-electron chi connectivity index (χ4n) is 1.65. The van der Waals surface area contributed by atoms with Crippen LogP contribution in [0, 0.1) is 0 Å². The van der Waals surface area contributed by atoms with Gasteiger partial charge in [0.05, 0.1) is 6.42 Å². The minimum atomic E-state index is -0.894. The fourth-order valence-corrected chi connectivity index (χ4v) is 1.91. The van der Waals surface area contributed by atoms with Gasteiger partial charge in [0.2, 0.25) is 5.91 Å². The van der Waals surface area contributed by atoms with Crippen LogP contribution in [0.3, 0.4) is 0 Å². The Hall–Kier alpha value is -1.36. The van der Waals surface area contributed by atoms with Gasteiger partial charge in [-0.15, -0.1) is 0 Å². The number of rotatable bonds is 5. The quantitative estimate of drug-likeness (QED) is 0.908. The predicted octanol–water partition coefficient (Wildman–Crippen LogP) is 2.49. The summed E-state index contributed by atoms with van der Waals surface area (Å²) in [7, 11) is 3.34. The number of nitrogens with zero attached hydrogens (tertiary/aromatic N) is 1. The van der Waals surface area contributed by atoms with Crippen LogP contribution in [0.5, 0.6) is 0 Å². The third-order valence-corrected chi connectivity index (χ3v) is 3.21. The van der Waals surface area contributed by atoms with E-state index in [1.165, 1.54) is 4.90 Å². The Labute approximate surface area is 115 Å². The minimum Gasteiger partial charge on any atom is -0.481 e. The number of amides is 1. The molecule has 1 unspecified atom stereocenters. The molecule has 5 heteroatoms. The topological polar surface area (TPSA) is 57.6 Å². The molecule has 0 heterocycles. The highest BCUT2D eigenvalue weighted by Gasteiger charge is 2.20. The molecule has 1 amide bonds. The molecule has 98 valence electrons. The van der Waals surface area contributed by atoms with Crippen LogP contribution >= 0.6 is 15.9 Å². The Bertz CT molecular complexity index is 428. The molecule has 0 spiro atoms. The number of aliphatic carboxylic acids is 1. The van der Waals surface area contributed by atoms with Gasteiger partial charge in [-0.1, -0.05) is 28.1 Å². The fraction of sp³-hybridized carbons (Fsp3) is 0.385. The first-order valence-corrected chi connectivity index (χ1v) is 6.37. The smallest absolute Gasteiger partial charge is 0.303 e. The first kappa shape index (κ1) is 14.7. The largest absolute Gasteiger partial charge is 0.481 e. The standard InChI is InChI=1S/C13H16BrNO3/c1-15(2)12(16)7-10(8-13(17)18)9-3-5-11(14)6-4-9/h3-6,10H,7-8H2,1-2H3,(H,17,18). The summed E-state index contributed by atoms with van der Waals surface area (Å²) in [6, 6.07) is 7.40. The van der Waals surface area contributed by atoms with Crippen LogP contribution in [-0.2, 0) is 9.59 Å². The highest BCUT2D eigenvalue weighted by molar-refractivity contribution is 9.10. The van der Waals surface area contributed by atoms with Gasteiger partial charge in [-0.2, -0.15) is 0 Å². The van der Waals surface area contributed by atoms with Gasteiger partial charge in [0.1, 0.15) is 0 Å². The highest BCUT2D eigenvalue weighted by atomic mass is 79.9. The van der Waals surface area contributed by atoms with E-state index in [4.69, 9.17) is 5.11 Å². The summed E-state index contributed by atoms with van der Waals surface area (Å²) in [6.45, 7) is 0. The zero-order valence-electron chi connectivity index (χ0n) is 10.4. The Kier molecular flexibility index (Phi) is 5.34. The molecule has 1 rings (SSSR count). The first-order valence-electron chi connectivity index (χ1n) is 5.57. The average Bonchev–Trinajstić information content (AvgIpc) is 2.28. The van der Waals surface area contributed by atoms with E-state index in [9.17, 15) is 9.59 Å². The van der Waals surface area contributed by atoms with Gasteiger partial charge in [-0.3, -0.25) is 9.59 Å². The Morgan fingerprint density at radius 2 is 1.78 bits per heavy atom. The van der Waals surface area contributed by atoms with Gasteiger partial charge in [-0.05, 0) is 17.7 Å². The molecule has 0 aliphatic rings. The summed E-state index contributed by atoms with van der Waals surface area (Å²) in [4.78, 5) is 24.0. The molecule has 0 saturated heterocycles. The number of hydrogen-bond donors (Lipinski definition) is 1. The molecule has 1 aromatic rings. The lowest BCUT2D eigenvalue weighted by molar-refractivity contribution is -0.137. The van der Waals surface area contributed by atoms with E-state index >= 15 is 0 Å². The lowest BCUT2D eigenvalue weighted by atomic mass is 9.92. The van der Waals surface area contributed by atoms with Crippen molar-refractivity contribution in [3.8, 4) is 0 Å². The molecule has 0 fully saturated rings. The zero-order chi connectivity index (χ0) is 13.7. The summed E-state index contributed by atoms with van der Waals surface area (Å²) in [5.41, 5.74) is 0.871. The summed E-state index contributed by atoms with van der Waals surface area (Å²) in [5, 5.41) is 8.92. The molecule has 1 aromatic carbocycles. The highest BCUT2D eigenvalue weighted by Crippen LogP contribution is 2.25. The van der Waals surface area contributed by atoms with E-state index in [1.807, 2.05) is 24.3 Å². The molecule has 1 N–H and O–H groups in total. The molecule has 0 aliphatic heterocycles. The number of benzene rings is 1. The molecular formula is C13H16BrNO3. The van der Waals surface area contributed by atoms with E-state index in [0.717, 1.165) is 10.0 Å². The van der Waals surface area contributed by atoms with Crippen molar-refractivity contribution in [2.75, 3.05) is 14.1 Å². The van der Waals surface area contributed by atoms with Crippen LogP contribution in [0.2, 0.25) is 0 Å². The number of halogens is 1. The van der Waals surface area contributed by atoms with Crippen molar-refractivity contribution >= 4 is 27.8 Å². The average molecular weight is 314 g/mol. The van der Waals surface area contributed by atoms with Crippen molar-refractivity contribution in [3.05, 3.63) is 34.3 Å². The molecule has 0 radical (unpaired) electrons. The number of hydrogen-bond acceptors (Lipinski definition) is 2. The van der Waals surface area contributed by atoms with Crippen molar-refractivity contribution in [2.45, 2.75) is 18.8 Å². The number of carboxylic acid groups (broad SMARTS) is 1. The van der Waals surface area contributed by atoms with E-state index < -0.39 is 5.97 Å². The van der Waals surface area contributed by atoms with Crippen molar-refractivity contribution in [3.63, 3.8) is 0 Å². The zero-order valence-corrected chi connectivity index (χ0v) is 12.0. The van der Waals surface area contributed by atoms with Gasteiger partial charge in [0, 0.05) is 30.9 Å². The van der Waals surface area contributed by atoms with Crippen molar-refractivity contribution in [1.82, 2.24) is 4.90 Å². The SMILES string of the molecule is CN(C)C(=O)CC(CC(=O)O)c1ccc(Br)cc1. The van der Waals surface area contributed by atoms with Crippen LogP contribution in [0.15, 0.2) is 28.7 Å². The second-order valence-electron chi connectivity index (χ2n) is 4.34. The van der Waals surface area contributed by atoms with Crippen LogP contribution in [-0.4, -0.2) is 36.0 Å². The normalized spacial score (nSPS) is 11.9. The van der Waals surface area contributed by atoms with Crippen LogP contribution < -0.4 is 0 Å². The summed E-state index contributed by atoms with van der Waals surface area (Å²) >= 11 is 3.33. The van der Waals surface area contributed by atoms with Crippen molar-refractivity contribution in [2.24, 2.45) is 0 Å². The van der Waals surface area contributed by atoms with Gasteiger partial charge >= 0.3 is 5.97 Å². The monoisotopic (exact) mass is 313 g/mol. The predicted molar refractivity (Wildman–Crippen MR) is 72.4 cm³/mol. The third kappa shape index (κ3) is 4.49. The van der Waals surface area contributed by atoms with Gasteiger partial charge < -0.3 is 10.0 Å². The maximum atomic E-state index is 11.7. The second-order valence-corrected chi connectivity index (χ2v) is 5.25. The molecule has 4 nitrogen and oxygen atoms in total. The van der Waals surface area contributed by atoms with E-state index in [1.54, 1.807) is 14.1 Å². The summed E-state index contributed by atoms with van der Waals surface area (Å²) in [5.74, 6) is -1.25. The van der Waals surface area contributed by atoms with E-state index in [0.29, 0.717) is 0 Å². The molecule has 0 aliphatic carbocycles. The number of carbonyl (C=O) groups excluding carboxylic acids is 1. The van der Waals surface area contributed by atoms with E-state index in [-0.39, 0.29) is 24.7 Å². The van der Waals surface area contributed by atoms with Gasteiger partial charge in [-0.25, -0.2) is 0 Å². The molecular weight excluding hydrogens is 298 g/mol. The summed E-state index contributed by atoms with van der Waals surface area (Å²) < 4.78 is 0.930. The van der Waals surface area contributed by atoms with Crippen LogP contribution in [0.25, 0.3) is 0 Å². The molecule has 0 aromatic heterocycles. The minimum absolute atomic E-state index is 0.0405. The maximum Gasteiger partial charge on any atom is 0.303 e. The lowest BCUT2D eigenvalue weighted by Crippen LogP contribution is -2.24. The molecule has 0 saturated carbocycles. The van der Waals surface area contributed by atoms with Crippen molar-refractivity contribution in [1.29, 1.82) is 0 Å². The molecule has 0 bridgehead atoms. The van der Waals surface area contributed by atoms with Gasteiger partial charge in [0.15, 0.2) is 0 Å². The molecule has 1 atom stereocenters. The lowest BCUT2D eigenvalue weighted by Gasteiger charge is -2.18. The second kappa shape index (κ2) is 6.54. The van der Waals surface area contributed by atoms with Gasteiger partial charge in [0.25, 0.3) is 0 Å². The third-order valence-electron chi connectivity index (χ3n) is 2.68. The Balaban J connectivity index is 2.87. The Morgan fingerprint density at radius 1 is 1.22 bits per heavy atom. The Morgan fingerprint density at radius 3 is 2.22 bits per heavy atom. The first-order chi connectivity index (χ1) is 8.40. The molecule has 18 heavy (non-hydrogen) atoms. The van der Waals surface area contributed by atoms with Crippen molar-refractivity contribution < 1.29 is 14.7 Å². The summed E-state index contributed by atoms with van der Waals surface area (Å²) in [6.07, 6.45) is 0.169. The maximum absolute atomic E-state index is 11.7. The van der Waals surface area contributed by atoms with Crippen LogP contribution in [0.4, 0.5) is 0 Å². The van der Waals surface area contributed by atoms with Crippen LogP contribution in [0.1, 0.15) is 24.3 Å².